The van der Waals surface area contributed by atoms with Crippen molar-refractivity contribution in [1.82, 2.24) is 0 Å². The number of benzene rings is 1. The van der Waals surface area contributed by atoms with Crippen LogP contribution in [-0.4, -0.2) is 25.3 Å². The van der Waals surface area contributed by atoms with Gasteiger partial charge in [0.1, 0.15) is 5.76 Å². The predicted octanol–water partition coefficient (Wildman–Crippen LogP) is 2.11. The van der Waals surface area contributed by atoms with E-state index in [4.69, 9.17) is 9.15 Å². The zero-order valence-corrected chi connectivity index (χ0v) is 11.0. The first-order valence-corrected chi connectivity index (χ1v) is 5.49. The van der Waals surface area contributed by atoms with E-state index in [1.54, 1.807) is 6.92 Å². The largest absolute Gasteiger partial charge is 0.493 e. The van der Waals surface area contributed by atoms with E-state index < -0.39 is 11.1 Å². The molecular weight excluding hydrogens is 270 g/mol. The van der Waals surface area contributed by atoms with Crippen molar-refractivity contribution in [3.8, 4) is 11.5 Å². The molecule has 0 N–H and O–H groups in total. The van der Waals surface area contributed by atoms with E-state index in [1.807, 2.05) is 0 Å². The first-order chi connectivity index (χ1) is 9.47. The highest BCUT2D eigenvalue weighted by Gasteiger charge is 2.23. The van der Waals surface area contributed by atoms with Gasteiger partial charge in [-0.25, -0.2) is 4.79 Å². The fourth-order valence-corrected chi connectivity index (χ4v) is 1.86. The normalized spacial score (nSPS) is 10.3. The van der Waals surface area contributed by atoms with E-state index in [0.29, 0.717) is 5.76 Å². The van der Waals surface area contributed by atoms with Gasteiger partial charge in [-0.1, -0.05) is 0 Å². The van der Waals surface area contributed by atoms with Gasteiger partial charge in [0.2, 0.25) is 0 Å². The van der Waals surface area contributed by atoms with Crippen molar-refractivity contribution in [3.63, 3.8) is 0 Å². The molecule has 20 heavy (non-hydrogen) atoms. The van der Waals surface area contributed by atoms with Crippen molar-refractivity contribution >= 4 is 16.9 Å². The Morgan fingerprint density at radius 3 is 2.60 bits per heavy atom. The van der Waals surface area contributed by atoms with Crippen molar-refractivity contribution in [3.05, 3.63) is 33.6 Å². The average Bonchev–Trinajstić information content (AvgIpc) is 2.79. The molecule has 0 saturated carbocycles. The van der Waals surface area contributed by atoms with Crippen molar-refractivity contribution in [2.24, 2.45) is 0 Å². The summed E-state index contributed by atoms with van der Waals surface area (Å²) in [4.78, 5) is 26.8. The molecule has 8 nitrogen and oxygen atoms in total. The third kappa shape index (κ3) is 2.22. The lowest BCUT2D eigenvalue weighted by Crippen LogP contribution is -2.10. The van der Waals surface area contributed by atoms with Crippen LogP contribution >= 0.6 is 0 Å². The van der Waals surface area contributed by atoms with E-state index in [9.17, 15) is 14.9 Å². The van der Waals surface area contributed by atoms with Gasteiger partial charge in [0.05, 0.1) is 25.2 Å². The number of hydrogen-bond acceptors (Lipinski definition) is 7. The number of aryl methyl sites for hydroxylation is 1. The number of rotatable bonds is 4. The number of esters is 1. The molecule has 0 spiro atoms. The van der Waals surface area contributed by atoms with Crippen molar-refractivity contribution in [1.29, 1.82) is 0 Å². The van der Waals surface area contributed by atoms with Crippen LogP contribution in [0.25, 0.3) is 11.0 Å². The van der Waals surface area contributed by atoms with Gasteiger partial charge >= 0.3 is 5.97 Å². The number of ether oxygens (including phenoxy) is 2. The van der Waals surface area contributed by atoms with Crippen LogP contribution in [0.2, 0.25) is 0 Å². The molecule has 0 radical (unpaired) electrons. The molecular formula is C12H11NO7. The quantitative estimate of drug-likeness (QED) is 0.480. The van der Waals surface area contributed by atoms with Crippen LogP contribution in [0.5, 0.6) is 11.5 Å². The molecule has 1 aromatic heterocycles. The smallest absolute Gasteiger partial charge is 0.340 e. The van der Waals surface area contributed by atoms with E-state index >= 15 is 0 Å². The number of nitrogens with zero attached hydrogens (tertiary/aromatic N) is 1. The lowest BCUT2D eigenvalue weighted by molar-refractivity contribution is -0.710. The molecule has 106 valence electrons. The maximum atomic E-state index is 11.7. The summed E-state index contributed by atoms with van der Waals surface area (Å²) in [6, 6.07) is 2.79. The van der Waals surface area contributed by atoms with Crippen LogP contribution in [0.15, 0.2) is 16.5 Å². The maximum absolute atomic E-state index is 11.7. The van der Waals surface area contributed by atoms with Gasteiger partial charge in [-0.3, -0.25) is 4.84 Å². The molecule has 0 fully saturated rings. The maximum Gasteiger partial charge on any atom is 0.340 e. The Kier molecular flexibility index (Phi) is 3.47. The molecule has 0 unspecified atom stereocenters. The van der Waals surface area contributed by atoms with Crippen LogP contribution in [-0.2, 0) is 4.74 Å². The highest BCUT2D eigenvalue weighted by atomic mass is 17.0. The minimum absolute atomic E-state index is 0.116. The minimum atomic E-state index is -1.00. The highest BCUT2D eigenvalue weighted by molar-refractivity contribution is 6.02. The van der Waals surface area contributed by atoms with Crippen LogP contribution in [0, 0.1) is 17.0 Å². The van der Waals surface area contributed by atoms with Gasteiger partial charge in [-0.15, -0.1) is 10.1 Å². The molecule has 1 heterocycles. The monoisotopic (exact) mass is 281 g/mol. The molecule has 0 atom stereocenters. The summed E-state index contributed by atoms with van der Waals surface area (Å²) in [6.45, 7) is 1.66. The van der Waals surface area contributed by atoms with Gasteiger partial charge in [-0.2, -0.15) is 0 Å². The Morgan fingerprint density at radius 2 is 2.05 bits per heavy atom. The second kappa shape index (κ2) is 5.08. The number of carbonyl (C=O) groups excluding carboxylic acids is 1. The summed E-state index contributed by atoms with van der Waals surface area (Å²) in [6.07, 6.45) is 0. The number of methoxy groups -OCH3 is 2. The summed E-state index contributed by atoms with van der Waals surface area (Å²) in [5.74, 6) is -0.270. The average molecular weight is 281 g/mol. The molecule has 0 aliphatic carbocycles. The molecule has 8 heteroatoms. The van der Waals surface area contributed by atoms with E-state index in [0.717, 1.165) is 7.11 Å². The standard InChI is InChI=1S/C12H11NO7/c1-6-4-7-10(20-13(15)16)8(12(14)18-3)5-9(17-2)11(7)19-6/h4-5H,1-3H3. The molecule has 0 amide bonds. The number of fused-ring (bicyclic) bond motifs is 1. The molecule has 0 aliphatic heterocycles. The lowest BCUT2D eigenvalue weighted by Gasteiger charge is -2.09. The minimum Gasteiger partial charge on any atom is -0.493 e. The van der Waals surface area contributed by atoms with E-state index in [-0.39, 0.29) is 28.0 Å². The van der Waals surface area contributed by atoms with Crippen molar-refractivity contribution in [2.45, 2.75) is 6.92 Å². The van der Waals surface area contributed by atoms with Gasteiger partial charge < -0.3 is 13.9 Å². The molecule has 0 aliphatic rings. The number of furan rings is 1. The summed E-state index contributed by atoms with van der Waals surface area (Å²) in [7, 11) is 2.55. The first kappa shape index (κ1) is 13.7. The Morgan fingerprint density at radius 1 is 1.35 bits per heavy atom. The molecule has 0 saturated heterocycles. The number of hydrogen-bond donors (Lipinski definition) is 0. The van der Waals surface area contributed by atoms with Crippen LogP contribution < -0.4 is 9.57 Å². The van der Waals surface area contributed by atoms with Gasteiger partial charge in [0, 0.05) is 6.07 Å². The third-order valence-electron chi connectivity index (χ3n) is 2.63. The summed E-state index contributed by atoms with van der Waals surface area (Å²) < 4.78 is 15.1. The fourth-order valence-electron chi connectivity index (χ4n) is 1.86. The topological polar surface area (TPSA) is 101 Å². The van der Waals surface area contributed by atoms with Crippen molar-refractivity contribution < 1.29 is 28.6 Å². The Balaban J connectivity index is 2.81. The van der Waals surface area contributed by atoms with E-state index in [2.05, 4.69) is 9.57 Å². The second-order valence-corrected chi connectivity index (χ2v) is 3.86. The van der Waals surface area contributed by atoms with Gasteiger partial charge in [0.25, 0.3) is 5.09 Å². The number of carbonyl (C=O) groups is 1. The SMILES string of the molecule is COC(=O)c1cc(OC)c2oc(C)cc2c1O[N+](=O)[O-]. The van der Waals surface area contributed by atoms with Gasteiger partial charge in [0.15, 0.2) is 17.1 Å². The van der Waals surface area contributed by atoms with Crippen molar-refractivity contribution in [2.75, 3.05) is 14.2 Å². The van der Waals surface area contributed by atoms with Gasteiger partial charge in [-0.05, 0) is 13.0 Å². The molecule has 2 rings (SSSR count). The summed E-state index contributed by atoms with van der Waals surface area (Å²) in [5, 5.41) is 9.87. The Labute approximate surface area is 112 Å². The van der Waals surface area contributed by atoms with Crippen LogP contribution in [0.3, 0.4) is 0 Å². The van der Waals surface area contributed by atoms with Crippen LogP contribution in [0.4, 0.5) is 0 Å². The molecule has 0 bridgehead atoms. The zero-order chi connectivity index (χ0) is 14.9. The third-order valence-corrected chi connectivity index (χ3v) is 2.63. The first-order valence-electron chi connectivity index (χ1n) is 5.49. The van der Waals surface area contributed by atoms with Crippen LogP contribution in [0.1, 0.15) is 16.1 Å². The predicted molar refractivity (Wildman–Crippen MR) is 66.5 cm³/mol. The molecule has 1 aromatic carbocycles. The Bertz CT molecular complexity index is 689. The second-order valence-electron chi connectivity index (χ2n) is 3.86. The summed E-state index contributed by atoms with van der Waals surface area (Å²) in [5.41, 5.74) is 0.142. The van der Waals surface area contributed by atoms with E-state index in [1.165, 1.54) is 19.2 Å². The summed E-state index contributed by atoms with van der Waals surface area (Å²) >= 11 is 0. The lowest BCUT2D eigenvalue weighted by atomic mass is 10.1. The Hall–Kier alpha value is -2.77. The molecule has 2 aromatic rings. The zero-order valence-electron chi connectivity index (χ0n) is 11.0. The highest BCUT2D eigenvalue weighted by Crippen LogP contribution is 2.39. The fraction of sp³-hybridized carbons (Fsp3) is 0.250.